The van der Waals surface area contributed by atoms with Gasteiger partial charge < -0.3 is 20.1 Å². The third kappa shape index (κ3) is 5.06. The maximum absolute atomic E-state index is 13.6. The first-order valence-corrected chi connectivity index (χ1v) is 8.69. The van der Waals surface area contributed by atoms with E-state index >= 15 is 0 Å². The number of hydrogen-bond acceptors (Lipinski definition) is 4. The van der Waals surface area contributed by atoms with Gasteiger partial charge in [-0.05, 0) is 37.8 Å². The second-order valence-electron chi connectivity index (χ2n) is 6.60. The predicted octanol–water partition coefficient (Wildman–Crippen LogP) is 2.76. The molecule has 0 amide bonds. The van der Waals surface area contributed by atoms with Crippen LogP contribution in [-0.2, 0) is 4.74 Å². The average Bonchev–Trinajstić information content (AvgIpc) is 3.04. The van der Waals surface area contributed by atoms with Gasteiger partial charge in [0.15, 0.2) is 11.6 Å². The minimum Gasteiger partial charge on any atom is -0.486 e. The standard InChI is InChI=1S/C18H27FN2O2.ClH/c1-13(23-18-8-3-2-6-15(18)19)11-21-16-7-4-5-14(16)17-12-22-10-9-20-17;/h2-3,6,8,13-14,16-17,20-21H,4-5,7,9-12H2,1H3;1H. The van der Waals surface area contributed by atoms with Crippen molar-refractivity contribution in [2.75, 3.05) is 26.3 Å². The van der Waals surface area contributed by atoms with Crippen molar-refractivity contribution in [2.45, 2.75) is 44.4 Å². The van der Waals surface area contributed by atoms with Crippen LogP contribution < -0.4 is 15.4 Å². The first kappa shape index (κ1) is 19.4. The van der Waals surface area contributed by atoms with E-state index in [2.05, 4.69) is 10.6 Å². The van der Waals surface area contributed by atoms with Crippen LogP contribution in [0, 0.1) is 11.7 Å². The zero-order valence-corrected chi connectivity index (χ0v) is 15.0. The number of halogens is 2. The Morgan fingerprint density at radius 3 is 2.96 bits per heavy atom. The summed E-state index contributed by atoms with van der Waals surface area (Å²) in [5, 5.41) is 7.21. The lowest BCUT2D eigenvalue weighted by Gasteiger charge is -2.33. The molecule has 1 heterocycles. The highest BCUT2D eigenvalue weighted by Gasteiger charge is 2.34. The van der Waals surface area contributed by atoms with Gasteiger partial charge in [-0.1, -0.05) is 18.6 Å². The minimum absolute atomic E-state index is 0. The van der Waals surface area contributed by atoms with E-state index in [0.717, 1.165) is 26.3 Å². The Labute approximate surface area is 149 Å². The maximum Gasteiger partial charge on any atom is 0.165 e. The highest BCUT2D eigenvalue weighted by atomic mass is 35.5. The molecular formula is C18H28ClFN2O2. The molecule has 2 fully saturated rings. The molecule has 0 bridgehead atoms. The molecule has 0 aromatic heterocycles. The number of ether oxygens (including phenoxy) is 2. The van der Waals surface area contributed by atoms with Crippen LogP contribution in [0.15, 0.2) is 24.3 Å². The van der Waals surface area contributed by atoms with E-state index in [1.165, 1.54) is 25.3 Å². The fraction of sp³-hybridized carbons (Fsp3) is 0.667. The quantitative estimate of drug-likeness (QED) is 0.820. The Morgan fingerprint density at radius 1 is 1.38 bits per heavy atom. The van der Waals surface area contributed by atoms with Gasteiger partial charge in [0.2, 0.25) is 0 Å². The summed E-state index contributed by atoms with van der Waals surface area (Å²) in [7, 11) is 0. The average molecular weight is 359 g/mol. The van der Waals surface area contributed by atoms with E-state index in [-0.39, 0.29) is 24.3 Å². The summed E-state index contributed by atoms with van der Waals surface area (Å²) in [5.41, 5.74) is 0. The molecule has 1 aromatic carbocycles. The molecule has 1 saturated heterocycles. The summed E-state index contributed by atoms with van der Waals surface area (Å²) in [5.74, 6) is 0.629. The van der Waals surface area contributed by atoms with Crippen LogP contribution in [0.4, 0.5) is 4.39 Å². The van der Waals surface area contributed by atoms with Gasteiger partial charge in [-0.2, -0.15) is 0 Å². The monoisotopic (exact) mass is 358 g/mol. The lowest BCUT2D eigenvalue weighted by Crippen LogP contribution is -2.51. The van der Waals surface area contributed by atoms with E-state index in [1.54, 1.807) is 18.2 Å². The molecule has 1 saturated carbocycles. The first-order valence-electron chi connectivity index (χ1n) is 8.69. The highest BCUT2D eigenvalue weighted by Crippen LogP contribution is 2.29. The molecule has 1 aliphatic carbocycles. The predicted molar refractivity (Wildman–Crippen MR) is 95.5 cm³/mol. The second-order valence-corrected chi connectivity index (χ2v) is 6.60. The van der Waals surface area contributed by atoms with Crippen molar-refractivity contribution in [2.24, 2.45) is 5.92 Å². The minimum atomic E-state index is -0.304. The molecule has 136 valence electrons. The molecular weight excluding hydrogens is 331 g/mol. The Morgan fingerprint density at radius 2 is 2.21 bits per heavy atom. The Hall–Kier alpha value is -0.880. The molecule has 24 heavy (non-hydrogen) atoms. The molecule has 1 aliphatic heterocycles. The molecule has 2 N–H and O–H groups in total. The Balaban J connectivity index is 0.00000208. The summed E-state index contributed by atoms with van der Waals surface area (Å²) in [6, 6.07) is 7.51. The normalized spacial score (nSPS) is 28.2. The maximum atomic E-state index is 13.6. The van der Waals surface area contributed by atoms with Crippen LogP contribution in [0.5, 0.6) is 5.75 Å². The van der Waals surface area contributed by atoms with E-state index in [4.69, 9.17) is 9.47 Å². The third-order valence-corrected chi connectivity index (χ3v) is 4.87. The molecule has 0 spiro atoms. The number of benzene rings is 1. The van der Waals surface area contributed by atoms with Crippen molar-refractivity contribution in [3.8, 4) is 5.75 Å². The van der Waals surface area contributed by atoms with Crippen LogP contribution in [-0.4, -0.2) is 44.5 Å². The lowest BCUT2D eigenvalue weighted by molar-refractivity contribution is 0.0517. The Kier molecular flexibility index (Phi) is 7.75. The molecule has 4 unspecified atom stereocenters. The fourth-order valence-electron chi connectivity index (χ4n) is 3.70. The lowest BCUT2D eigenvalue weighted by atomic mass is 9.94. The SMILES string of the molecule is CC(CNC1CCCC1C1COCCN1)Oc1ccccc1F.Cl. The molecule has 4 nitrogen and oxygen atoms in total. The topological polar surface area (TPSA) is 42.5 Å². The van der Waals surface area contributed by atoms with Gasteiger partial charge in [-0.25, -0.2) is 4.39 Å². The van der Waals surface area contributed by atoms with Crippen LogP contribution in [0.3, 0.4) is 0 Å². The molecule has 3 rings (SSSR count). The molecule has 4 atom stereocenters. The third-order valence-electron chi connectivity index (χ3n) is 4.87. The summed E-state index contributed by atoms with van der Waals surface area (Å²) in [4.78, 5) is 0. The number of hydrogen-bond donors (Lipinski definition) is 2. The molecule has 6 heteroatoms. The van der Waals surface area contributed by atoms with Gasteiger partial charge in [0.25, 0.3) is 0 Å². The van der Waals surface area contributed by atoms with Crippen LogP contribution in [0.25, 0.3) is 0 Å². The van der Waals surface area contributed by atoms with Gasteiger partial charge >= 0.3 is 0 Å². The van der Waals surface area contributed by atoms with Crippen molar-refractivity contribution in [3.63, 3.8) is 0 Å². The zero-order valence-electron chi connectivity index (χ0n) is 14.2. The highest BCUT2D eigenvalue weighted by molar-refractivity contribution is 5.85. The summed E-state index contributed by atoms with van der Waals surface area (Å²) in [6.07, 6.45) is 3.61. The summed E-state index contributed by atoms with van der Waals surface area (Å²) >= 11 is 0. The number of para-hydroxylation sites is 1. The van der Waals surface area contributed by atoms with Gasteiger partial charge in [0, 0.05) is 25.2 Å². The zero-order chi connectivity index (χ0) is 16.1. The Bertz CT molecular complexity index is 500. The van der Waals surface area contributed by atoms with Gasteiger partial charge in [-0.3, -0.25) is 0 Å². The molecule has 1 aromatic rings. The smallest absolute Gasteiger partial charge is 0.165 e. The number of nitrogens with one attached hydrogen (secondary N) is 2. The molecule has 2 aliphatic rings. The van der Waals surface area contributed by atoms with Gasteiger partial charge in [0.05, 0.1) is 13.2 Å². The van der Waals surface area contributed by atoms with E-state index in [1.807, 2.05) is 6.92 Å². The van der Waals surface area contributed by atoms with Crippen LogP contribution in [0.1, 0.15) is 26.2 Å². The van der Waals surface area contributed by atoms with Gasteiger partial charge in [-0.15, -0.1) is 12.4 Å². The van der Waals surface area contributed by atoms with Crippen molar-refractivity contribution in [1.29, 1.82) is 0 Å². The van der Waals surface area contributed by atoms with E-state index in [0.29, 0.717) is 23.8 Å². The van der Waals surface area contributed by atoms with Crippen molar-refractivity contribution < 1.29 is 13.9 Å². The van der Waals surface area contributed by atoms with Crippen LogP contribution >= 0.6 is 12.4 Å². The number of rotatable bonds is 6. The van der Waals surface area contributed by atoms with Crippen LogP contribution in [0.2, 0.25) is 0 Å². The van der Waals surface area contributed by atoms with Gasteiger partial charge in [0.1, 0.15) is 6.10 Å². The summed E-state index contributed by atoms with van der Waals surface area (Å²) < 4.78 is 24.9. The number of morpholine rings is 1. The molecule has 0 radical (unpaired) electrons. The first-order chi connectivity index (χ1) is 11.2. The van der Waals surface area contributed by atoms with Crippen molar-refractivity contribution in [1.82, 2.24) is 10.6 Å². The van der Waals surface area contributed by atoms with E-state index in [9.17, 15) is 4.39 Å². The van der Waals surface area contributed by atoms with Crippen molar-refractivity contribution in [3.05, 3.63) is 30.1 Å². The van der Waals surface area contributed by atoms with E-state index < -0.39 is 0 Å². The summed E-state index contributed by atoms with van der Waals surface area (Å²) in [6.45, 7) is 5.27. The fourth-order valence-corrected chi connectivity index (χ4v) is 3.70. The largest absolute Gasteiger partial charge is 0.486 e. The second kappa shape index (κ2) is 9.56. The van der Waals surface area contributed by atoms with Crippen molar-refractivity contribution >= 4 is 12.4 Å².